The molecule has 4 aromatic rings. The molecule has 2 N–H and O–H groups in total. The number of anilines is 2. The molecule has 1 aromatic heterocycles. The van der Waals surface area contributed by atoms with Gasteiger partial charge in [-0.3, -0.25) is 9.69 Å². The maximum atomic E-state index is 11.0. The minimum Gasteiger partial charge on any atom is -0.379 e. The second-order valence-electron chi connectivity index (χ2n) is 8.58. The zero-order valence-corrected chi connectivity index (χ0v) is 20.9. The van der Waals surface area contributed by atoms with Gasteiger partial charge in [0.25, 0.3) is 0 Å². The second-order valence-corrected chi connectivity index (χ2v) is 8.58. The lowest BCUT2D eigenvalue weighted by atomic mass is 10.0. The van der Waals surface area contributed by atoms with E-state index in [2.05, 4.69) is 38.7 Å². The van der Waals surface area contributed by atoms with E-state index in [0.717, 1.165) is 66.9 Å². The lowest BCUT2D eigenvalue weighted by molar-refractivity contribution is 0.0342. The van der Waals surface area contributed by atoms with Crippen molar-refractivity contribution in [2.45, 2.75) is 6.54 Å². The van der Waals surface area contributed by atoms with Crippen molar-refractivity contribution in [3.8, 4) is 17.2 Å². The van der Waals surface area contributed by atoms with Gasteiger partial charge in [0.2, 0.25) is 5.95 Å². The Morgan fingerprint density at radius 2 is 1.86 bits per heavy atom. The molecular formula is C29H30N6O2. The molecule has 3 aromatic carbocycles. The molecule has 1 aliphatic heterocycles. The monoisotopic (exact) mass is 494 g/mol. The maximum Gasteiger partial charge on any atom is 0.227 e. The fourth-order valence-corrected chi connectivity index (χ4v) is 4.06. The Hall–Kier alpha value is -4.16. The summed E-state index contributed by atoms with van der Waals surface area (Å²) in [6, 6.07) is 23.9. The molecule has 0 bridgehead atoms. The van der Waals surface area contributed by atoms with Crippen molar-refractivity contribution >= 4 is 28.8 Å². The zero-order chi connectivity index (χ0) is 25.9. The van der Waals surface area contributed by atoms with Gasteiger partial charge in [0, 0.05) is 48.0 Å². The number of hydrogen-bond donors (Lipinski definition) is 2. The number of ether oxygens (including phenoxy) is 1. The third-order valence-electron chi connectivity index (χ3n) is 5.92. The van der Waals surface area contributed by atoms with Crippen LogP contribution in [0.15, 0.2) is 72.9 Å². The molecule has 1 fully saturated rings. The summed E-state index contributed by atoms with van der Waals surface area (Å²) < 4.78 is 5.44. The smallest absolute Gasteiger partial charge is 0.227 e. The van der Waals surface area contributed by atoms with Gasteiger partial charge < -0.3 is 15.4 Å². The number of benzene rings is 3. The van der Waals surface area contributed by atoms with Crippen LogP contribution in [0.3, 0.4) is 0 Å². The average Bonchev–Trinajstić information content (AvgIpc) is 2.94. The maximum absolute atomic E-state index is 11.0. The summed E-state index contributed by atoms with van der Waals surface area (Å²) in [5.74, 6) is 0.554. The Labute approximate surface area is 216 Å². The fourth-order valence-electron chi connectivity index (χ4n) is 4.06. The van der Waals surface area contributed by atoms with Gasteiger partial charge >= 0.3 is 0 Å². The summed E-state index contributed by atoms with van der Waals surface area (Å²) in [5, 5.41) is 14.7. The van der Waals surface area contributed by atoms with Crippen LogP contribution in [0.5, 0.6) is 0 Å². The van der Waals surface area contributed by atoms with Crippen LogP contribution in [0, 0.1) is 11.3 Å². The first kappa shape index (κ1) is 25.9. The van der Waals surface area contributed by atoms with E-state index >= 15 is 0 Å². The van der Waals surface area contributed by atoms with Gasteiger partial charge in [-0.1, -0.05) is 54.6 Å². The summed E-state index contributed by atoms with van der Waals surface area (Å²) in [4.78, 5) is 22.7. The van der Waals surface area contributed by atoms with Crippen LogP contribution in [0.4, 0.5) is 11.6 Å². The van der Waals surface area contributed by atoms with E-state index in [9.17, 15) is 4.79 Å². The molecule has 1 saturated heterocycles. The van der Waals surface area contributed by atoms with Crippen molar-refractivity contribution in [2.24, 2.45) is 0 Å². The fraction of sp³-hybridized carbons (Fsp3) is 0.241. The Morgan fingerprint density at radius 1 is 1.08 bits per heavy atom. The molecule has 0 atom stereocenters. The molecule has 2 heterocycles. The van der Waals surface area contributed by atoms with Crippen LogP contribution in [-0.4, -0.2) is 61.0 Å². The minimum atomic E-state index is 0.444. The highest BCUT2D eigenvalue weighted by molar-refractivity contribution is 5.94. The molecule has 8 heteroatoms. The van der Waals surface area contributed by atoms with Crippen molar-refractivity contribution in [1.82, 2.24) is 20.2 Å². The number of para-hydroxylation sites is 1. The molecule has 5 rings (SSSR count). The van der Waals surface area contributed by atoms with Gasteiger partial charge in [-0.05, 0) is 30.3 Å². The largest absolute Gasteiger partial charge is 0.379 e. The van der Waals surface area contributed by atoms with Gasteiger partial charge in [-0.25, -0.2) is 9.97 Å². The number of carbonyl (C=O) groups excluding carboxylic acids is 1. The van der Waals surface area contributed by atoms with Crippen molar-refractivity contribution in [1.29, 1.82) is 5.26 Å². The van der Waals surface area contributed by atoms with Gasteiger partial charge in [0.1, 0.15) is 6.29 Å². The van der Waals surface area contributed by atoms with Crippen molar-refractivity contribution in [3.63, 3.8) is 0 Å². The van der Waals surface area contributed by atoms with Crippen molar-refractivity contribution in [2.75, 3.05) is 45.2 Å². The van der Waals surface area contributed by atoms with E-state index in [1.165, 1.54) is 5.56 Å². The molecule has 0 spiro atoms. The Morgan fingerprint density at radius 3 is 2.57 bits per heavy atom. The normalized spacial score (nSPS) is 13.3. The minimum absolute atomic E-state index is 0.444. The van der Waals surface area contributed by atoms with Crippen molar-refractivity contribution in [3.05, 3.63) is 84.1 Å². The predicted molar refractivity (Wildman–Crippen MR) is 146 cm³/mol. The SMILES string of the molecule is CNCC#N.O=Cc1ccc(-c2cccc3cnc(Nc4cccc(CN5CCOCC5)c4)nc23)cc1. The Balaban J connectivity index is 0.000000586. The molecule has 37 heavy (non-hydrogen) atoms. The predicted octanol–water partition coefficient (Wildman–Crippen LogP) is 4.41. The third-order valence-corrected chi connectivity index (χ3v) is 5.92. The highest BCUT2D eigenvalue weighted by Crippen LogP contribution is 2.28. The quantitative estimate of drug-likeness (QED) is 0.288. The first-order valence-electron chi connectivity index (χ1n) is 12.2. The lowest BCUT2D eigenvalue weighted by Crippen LogP contribution is -2.35. The summed E-state index contributed by atoms with van der Waals surface area (Å²) >= 11 is 0. The number of hydrogen-bond acceptors (Lipinski definition) is 8. The average molecular weight is 495 g/mol. The number of morpholine rings is 1. The molecular weight excluding hydrogens is 464 g/mol. The zero-order valence-electron chi connectivity index (χ0n) is 20.9. The summed E-state index contributed by atoms with van der Waals surface area (Å²) in [7, 11) is 1.74. The number of aldehydes is 1. The van der Waals surface area contributed by atoms with Crippen LogP contribution >= 0.6 is 0 Å². The number of nitrogens with zero attached hydrogens (tertiary/aromatic N) is 4. The van der Waals surface area contributed by atoms with Crippen LogP contribution in [0.1, 0.15) is 15.9 Å². The van der Waals surface area contributed by atoms with Gasteiger partial charge in [0.15, 0.2) is 0 Å². The first-order chi connectivity index (χ1) is 18.2. The summed E-state index contributed by atoms with van der Waals surface area (Å²) in [5.41, 5.74) is 5.75. The van der Waals surface area contributed by atoms with Crippen LogP contribution < -0.4 is 10.6 Å². The second kappa shape index (κ2) is 13.2. The first-order valence-corrected chi connectivity index (χ1v) is 12.2. The summed E-state index contributed by atoms with van der Waals surface area (Å²) in [6.45, 7) is 4.86. The highest BCUT2D eigenvalue weighted by atomic mass is 16.5. The topological polar surface area (TPSA) is 103 Å². The van der Waals surface area contributed by atoms with E-state index in [4.69, 9.17) is 15.0 Å². The van der Waals surface area contributed by atoms with E-state index in [1.54, 1.807) is 7.05 Å². The highest BCUT2D eigenvalue weighted by Gasteiger charge is 2.12. The molecule has 188 valence electrons. The number of aromatic nitrogens is 2. The van der Waals surface area contributed by atoms with E-state index in [1.807, 2.05) is 60.8 Å². The van der Waals surface area contributed by atoms with Gasteiger partial charge in [0.05, 0.1) is 31.3 Å². The van der Waals surface area contributed by atoms with Crippen LogP contribution in [-0.2, 0) is 11.3 Å². The van der Waals surface area contributed by atoms with Crippen molar-refractivity contribution < 1.29 is 9.53 Å². The third kappa shape index (κ3) is 7.18. The lowest BCUT2D eigenvalue weighted by Gasteiger charge is -2.26. The molecule has 0 aliphatic carbocycles. The van der Waals surface area contributed by atoms with Gasteiger partial charge in [-0.15, -0.1) is 0 Å². The Bertz CT molecular complexity index is 1360. The molecule has 8 nitrogen and oxygen atoms in total. The standard InChI is InChI=1S/C26H24N4O2.C3H6N2/c31-18-19-7-9-21(10-8-19)24-6-2-4-22-16-27-26(29-25(22)24)28-23-5-1-3-20(15-23)17-30-11-13-32-14-12-30;1-5-3-2-4/h1-10,15-16,18H,11-14,17H2,(H,27,28,29);5H,3H2,1H3. The number of nitrogens with one attached hydrogen (secondary N) is 2. The van der Waals surface area contributed by atoms with Gasteiger partial charge in [-0.2, -0.15) is 5.26 Å². The molecule has 0 amide bonds. The molecule has 0 unspecified atom stereocenters. The number of rotatable bonds is 7. The van der Waals surface area contributed by atoms with E-state index in [0.29, 0.717) is 18.1 Å². The van der Waals surface area contributed by atoms with Crippen LogP contribution in [0.25, 0.3) is 22.0 Å². The summed E-state index contributed by atoms with van der Waals surface area (Å²) in [6.07, 6.45) is 2.69. The number of nitriles is 1. The molecule has 1 aliphatic rings. The number of fused-ring (bicyclic) bond motifs is 1. The van der Waals surface area contributed by atoms with E-state index < -0.39 is 0 Å². The number of carbonyl (C=O) groups is 1. The molecule has 0 radical (unpaired) electrons. The molecule has 0 saturated carbocycles. The van der Waals surface area contributed by atoms with E-state index in [-0.39, 0.29) is 0 Å². The van der Waals surface area contributed by atoms with Crippen LogP contribution in [0.2, 0.25) is 0 Å². The Kier molecular flexibility index (Phi) is 9.27.